The molecule has 7 heteroatoms. The normalized spacial score (nSPS) is 27.0. The van der Waals surface area contributed by atoms with Gasteiger partial charge >= 0.3 is 51.4 Å². The predicted octanol–water partition coefficient (Wildman–Crippen LogP) is -2.38. The third-order valence-corrected chi connectivity index (χ3v) is 6.09. The summed E-state index contributed by atoms with van der Waals surface area (Å²) in [7, 11) is 0. The van der Waals surface area contributed by atoms with Crippen molar-refractivity contribution in [3.8, 4) is 0 Å². The van der Waals surface area contributed by atoms with Gasteiger partial charge in [0.2, 0.25) is 5.91 Å². The largest absolute Gasteiger partial charge is 1.00 e. The van der Waals surface area contributed by atoms with Gasteiger partial charge in [0.15, 0.2) is 0 Å². The van der Waals surface area contributed by atoms with Crippen molar-refractivity contribution in [2.75, 3.05) is 0 Å². The molecule has 5 nitrogen and oxygen atoms in total. The fourth-order valence-corrected chi connectivity index (χ4v) is 5.08. The number of aliphatic carboxylic acids is 1. The second-order valence-electron chi connectivity index (χ2n) is 6.59. The molecular formula is C17H18KNO4S. The fraction of sp³-hybridized carbons (Fsp3) is 0.471. The zero-order chi connectivity index (χ0) is 16.8. The van der Waals surface area contributed by atoms with Crippen LogP contribution in [0.4, 0.5) is 0 Å². The number of thioether (sulfide) groups is 1. The molecule has 2 aliphatic rings. The maximum absolute atomic E-state index is 12.3. The van der Waals surface area contributed by atoms with Gasteiger partial charge in [0.1, 0.15) is 5.78 Å². The van der Waals surface area contributed by atoms with E-state index in [1.807, 2.05) is 30.3 Å². The fourth-order valence-electron chi connectivity index (χ4n) is 3.40. The number of carboxylic acid groups (broad SMARTS) is 1. The van der Waals surface area contributed by atoms with Crippen molar-refractivity contribution in [3.63, 3.8) is 0 Å². The third-order valence-electron chi connectivity index (χ3n) is 4.47. The summed E-state index contributed by atoms with van der Waals surface area (Å²) >= 11 is 1.45. The number of fused-ring (bicyclic) bond motifs is 1. The van der Waals surface area contributed by atoms with Gasteiger partial charge in [-0.3, -0.25) is 9.59 Å². The number of hydrogen-bond acceptors (Lipinski definition) is 5. The second-order valence-corrected chi connectivity index (χ2v) is 8.36. The predicted molar refractivity (Wildman–Crippen MR) is 84.4 cm³/mol. The number of amides is 1. The molecule has 0 aliphatic carbocycles. The number of β-lactam (4-membered cyclic amide) rings is 1. The number of ketones is 1. The van der Waals surface area contributed by atoms with Crippen LogP contribution < -0.4 is 56.5 Å². The van der Waals surface area contributed by atoms with Crippen LogP contribution in [0.15, 0.2) is 30.3 Å². The molecule has 0 spiro atoms. The summed E-state index contributed by atoms with van der Waals surface area (Å²) < 4.78 is -0.601. The molecule has 1 amide bonds. The van der Waals surface area contributed by atoms with Gasteiger partial charge in [-0.1, -0.05) is 30.3 Å². The first kappa shape index (κ1) is 20.1. The molecule has 1 aromatic rings. The molecule has 0 aromatic heterocycles. The molecule has 2 saturated heterocycles. The average Bonchev–Trinajstić information content (AvgIpc) is 2.74. The summed E-state index contributed by atoms with van der Waals surface area (Å²) in [6, 6.07) is 8.47. The molecule has 3 atom stereocenters. The molecule has 0 saturated carbocycles. The van der Waals surface area contributed by atoms with E-state index in [2.05, 4.69) is 0 Å². The molecule has 24 heavy (non-hydrogen) atoms. The van der Waals surface area contributed by atoms with Crippen molar-refractivity contribution < 1.29 is 70.9 Å². The van der Waals surface area contributed by atoms with Gasteiger partial charge in [0, 0.05) is 17.6 Å². The SMILES string of the molecule is CC1(C)SC2C(CC(=O)Cc3ccccc3)C(=O)N2C1C(=O)[O-].[K+]. The van der Waals surface area contributed by atoms with Crippen LogP contribution in [0.3, 0.4) is 0 Å². The maximum atomic E-state index is 12.3. The van der Waals surface area contributed by atoms with Crippen LogP contribution in [0.1, 0.15) is 25.8 Å². The first-order valence-corrected chi connectivity index (χ1v) is 8.45. The number of carbonyl (C=O) groups is 3. The van der Waals surface area contributed by atoms with Gasteiger partial charge < -0.3 is 14.8 Å². The number of nitrogens with zero attached hydrogens (tertiary/aromatic N) is 1. The van der Waals surface area contributed by atoms with Crippen molar-refractivity contribution in [3.05, 3.63) is 35.9 Å². The number of rotatable bonds is 5. The quantitative estimate of drug-likeness (QED) is 0.427. The van der Waals surface area contributed by atoms with Crippen molar-refractivity contribution in [2.45, 2.75) is 42.9 Å². The first-order valence-electron chi connectivity index (χ1n) is 7.58. The van der Waals surface area contributed by atoms with Gasteiger partial charge in [-0.05, 0) is 19.4 Å². The second kappa shape index (κ2) is 7.59. The van der Waals surface area contributed by atoms with Gasteiger partial charge in [-0.15, -0.1) is 11.8 Å². The average molecular weight is 371 g/mol. The van der Waals surface area contributed by atoms with Crippen LogP contribution in [0, 0.1) is 5.92 Å². The van der Waals surface area contributed by atoms with E-state index in [0.29, 0.717) is 6.42 Å². The van der Waals surface area contributed by atoms with E-state index >= 15 is 0 Å². The Hall–Kier alpha value is -0.184. The molecule has 2 aliphatic heterocycles. The van der Waals surface area contributed by atoms with Crippen molar-refractivity contribution in [2.24, 2.45) is 5.92 Å². The summed E-state index contributed by atoms with van der Waals surface area (Å²) in [5.74, 6) is -1.89. The Labute approximate surface area is 188 Å². The molecule has 3 unspecified atom stereocenters. The molecule has 3 rings (SSSR count). The summed E-state index contributed by atoms with van der Waals surface area (Å²) in [5.41, 5.74) is 0.924. The zero-order valence-corrected chi connectivity index (χ0v) is 18.0. The van der Waals surface area contributed by atoms with E-state index in [4.69, 9.17) is 0 Å². The Morgan fingerprint density at radius 3 is 2.46 bits per heavy atom. The molecular weight excluding hydrogens is 353 g/mol. The molecule has 0 radical (unpaired) electrons. The molecule has 2 fully saturated rings. The van der Waals surface area contributed by atoms with Gasteiger partial charge in [0.25, 0.3) is 0 Å². The minimum atomic E-state index is -1.23. The van der Waals surface area contributed by atoms with Crippen LogP contribution in [-0.4, -0.2) is 38.7 Å². The van der Waals surface area contributed by atoms with Gasteiger partial charge in [0.05, 0.1) is 23.3 Å². The molecule has 2 heterocycles. The minimum absolute atomic E-state index is 0. The van der Waals surface area contributed by atoms with E-state index in [9.17, 15) is 19.5 Å². The summed E-state index contributed by atoms with van der Waals surface area (Å²) in [6.07, 6.45) is 0.465. The van der Waals surface area contributed by atoms with Crippen LogP contribution in [0.5, 0.6) is 0 Å². The summed E-state index contributed by atoms with van der Waals surface area (Å²) in [5, 5.41) is 11.1. The molecule has 122 valence electrons. The van der Waals surface area contributed by atoms with E-state index in [1.54, 1.807) is 13.8 Å². The smallest absolute Gasteiger partial charge is 0.548 e. The Morgan fingerprint density at radius 2 is 1.88 bits per heavy atom. The van der Waals surface area contributed by atoms with E-state index in [1.165, 1.54) is 16.7 Å². The van der Waals surface area contributed by atoms with E-state index < -0.39 is 22.7 Å². The Balaban J connectivity index is 0.00000208. The minimum Gasteiger partial charge on any atom is -0.548 e. The Kier molecular flexibility index (Phi) is 6.37. The number of benzene rings is 1. The summed E-state index contributed by atoms with van der Waals surface area (Å²) in [4.78, 5) is 37.2. The van der Waals surface area contributed by atoms with Crippen molar-refractivity contribution in [1.29, 1.82) is 0 Å². The number of hydrogen-bond donors (Lipinski definition) is 0. The van der Waals surface area contributed by atoms with Crippen LogP contribution in [0.25, 0.3) is 0 Å². The standard InChI is InChI=1S/C17H19NO4S.K/c1-17(2)13(16(21)22)18-14(20)12(15(18)23-17)9-11(19)8-10-6-4-3-5-7-10;/h3-7,12-13,15H,8-9H2,1-2H3,(H,21,22);/q;+1/p-1. The number of carboxylic acids is 1. The van der Waals surface area contributed by atoms with Crippen molar-refractivity contribution in [1.82, 2.24) is 4.90 Å². The van der Waals surface area contributed by atoms with Gasteiger partial charge in [-0.2, -0.15) is 0 Å². The van der Waals surface area contributed by atoms with E-state index in [-0.39, 0.29) is 74.9 Å². The Bertz CT molecular complexity index is 664. The molecule has 0 N–H and O–H groups in total. The van der Waals surface area contributed by atoms with Crippen LogP contribution in [-0.2, 0) is 20.8 Å². The number of Topliss-reactive ketones (excluding diaryl/α,β-unsaturated/α-hetero) is 1. The van der Waals surface area contributed by atoms with Crippen LogP contribution in [0.2, 0.25) is 0 Å². The zero-order valence-electron chi connectivity index (χ0n) is 14.0. The third kappa shape index (κ3) is 3.66. The monoisotopic (exact) mass is 371 g/mol. The summed E-state index contributed by atoms with van der Waals surface area (Å²) in [6.45, 7) is 3.60. The van der Waals surface area contributed by atoms with Crippen LogP contribution >= 0.6 is 11.8 Å². The topological polar surface area (TPSA) is 77.5 Å². The number of carbonyl (C=O) groups excluding carboxylic acids is 3. The molecule has 1 aromatic carbocycles. The van der Waals surface area contributed by atoms with Crippen molar-refractivity contribution >= 4 is 29.4 Å². The first-order chi connectivity index (χ1) is 10.8. The van der Waals surface area contributed by atoms with E-state index in [0.717, 1.165) is 5.56 Å². The van der Waals surface area contributed by atoms with Gasteiger partial charge in [-0.25, -0.2) is 0 Å². The Morgan fingerprint density at radius 1 is 1.25 bits per heavy atom. The molecule has 0 bridgehead atoms. The maximum Gasteiger partial charge on any atom is 1.00 e.